The van der Waals surface area contributed by atoms with E-state index in [-0.39, 0.29) is 5.91 Å². The van der Waals surface area contributed by atoms with E-state index in [2.05, 4.69) is 17.5 Å². The van der Waals surface area contributed by atoms with Crippen molar-refractivity contribution >= 4 is 5.91 Å². The van der Waals surface area contributed by atoms with Gasteiger partial charge in [-0.2, -0.15) is 0 Å². The number of nitrogens with one attached hydrogen (secondary N) is 1. The first-order valence-corrected chi connectivity index (χ1v) is 6.78. The Morgan fingerprint density at radius 1 is 1.11 bits per heavy atom. The second-order valence-electron chi connectivity index (χ2n) is 5.02. The molecule has 96 valence electrons. The number of benzene rings is 1. The van der Waals surface area contributed by atoms with E-state index in [4.69, 9.17) is 0 Å². The van der Waals surface area contributed by atoms with E-state index in [0.717, 1.165) is 37.7 Å². The summed E-state index contributed by atoms with van der Waals surface area (Å²) < 4.78 is 0. The SMILES string of the molecule is Cc1ccc(C(=O)NC2CC/C=C\CCC2)cc1. The second-order valence-corrected chi connectivity index (χ2v) is 5.02. The number of rotatable bonds is 2. The van der Waals surface area contributed by atoms with Gasteiger partial charge in [0.25, 0.3) is 5.91 Å². The molecule has 0 saturated carbocycles. The minimum Gasteiger partial charge on any atom is -0.349 e. The van der Waals surface area contributed by atoms with Gasteiger partial charge in [0.05, 0.1) is 0 Å². The molecular weight excluding hydrogens is 222 g/mol. The standard InChI is InChI=1S/C16H21NO/c1-13-9-11-14(12-10-13)16(18)17-15-7-5-3-2-4-6-8-15/h2-3,9-12,15H,4-8H2,1H3,(H,17,18)/b3-2-. The summed E-state index contributed by atoms with van der Waals surface area (Å²) in [5, 5.41) is 3.15. The van der Waals surface area contributed by atoms with Gasteiger partial charge in [0.2, 0.25) is 0 Å². The smallest absolute Gasteiger partial charge is 0.251 e. The summed E-state index contributed by atoms with van der Waals surface area (Å²) in [7, 11) is 0. The lowest BCUT2D eigenvalue weighted by Crippen LogP contribution is -2.35. The van der Waals surface area contributed by atoms with Crippen LogP contribution >= 0.6 is 0 Å². The van der Waals surface area contributed by atoms with E-state index in [0.29, 0.717) is 6.04 Å². The summed E-state index contributed by atoms with van der Waals surface area (Å²) in [6.45, 7) is 2.03. The van der Waals surface area contributed by atoms with Gasteiger partial charge >= 0.3 is 0 Å². The van der Waals surface area contributed by atoms with Gasteiger partial charge in [-0.05, 0) is 51.2 Å². The maximum Gasteiger partial charge on any atom is 0.251 e. The molecule has 1 amide bonds. The first-order chi connectivity index (χ1) is 8.75. The van der Waals surface area contributed by atoms with Crippen LogP contribution in [0.15, 0.2) is 36.4 Å². The van der Waals surface area contributed by atoms with E-state index in [1.54, 1.807) is 0 Å². The summed E-state index contributed by atoms with van der Waals surface area (Å²) >= 11 is 0. The minimum atomic E-state index is 0.0598. The van der Waals surface area contributed by atoms with Gasteiger partial charge in [-0.3, -0.25) is 4.79 Å². The molecule has 2 rings (SSSR count). The maximum absolute atomic E-state index is 12.1. The van der Waals surface area contributed by atoms with Crippen molar-refractivity contribution in [3.05, 3.63) is 47.5 Å². The Hall–Kier alpha value is -1.57. The number of aryl methyl sites for hydroxylation is 1. The number of hydrogen-bond donors (Lipinski definition) is 1. The Morgan fingerprint density at radius 3 is 2.61 bits per heavy atom. The first-order valence-electron chi connectivity index (χ1n) is 6.78. The second kappa shape index (κ2) is 6.39. The van der Waals surface area contributed by atoms with E-state index in [9.17, 15) is 4.79 Å². The monoisotopic (exact) mass is 243 g/mol. The highest BCUT2D eigenvalue weighted by Gasteiger charge is 2.13. The summed E-state index contributed by atoms with van der Waals surface area (Å²) in [6.07, 6.45) is 9.98. The van der Waals surface area contributed by atoms with Crippen LogP contribution in [-0.2, 0) is 0 Å². The molecule has 18 heavy (non-hydrogen) atoms. The quantitative estimate of drug-likeness (QED) is 0.790. The summed E-state index contributed by atoms with van der Waals surface area (Å²) in [5.74, 6) is 0.0598. The van der Waals surface area contributed by atoms with Crippen molar-refractivity contribution in [3.8, 4) is 0 Å². The van der Waals surface area contributed by atoms with Crippen LogP contribution in [0.3, 0.4) is 0 Å². The molecule has 1 aromatic carbocycles. The molecule has 1 aliphatic carbocycles. The van der Waals surface area contributed by atoms with Crippen molar-refractivity contribution in [2.75, 3.05) is 0 Å². The molecular formula is C16H21NO. The van der Waals surface area contributed by atoms with Crippen molar-refractivity contribution in [2.24, 2.45) is 0 Å². The number of allylic oxidation sites excluding steroid dienone is 2. The van der Waals surface area contributed by atoms with E-state index in [1.165, 1.54) is 5.56 Å². The zero-order chi connectivity index (χ0) is 12.8. The molecule has 1 aliphatic rings. The van der Waals surface area contributed by atoms with Gasteiger partial charge in [0.1, 0.15) is 0 Å². The van der Waals surface area contributed by atoms with Crippen LogP contribution in [0.4, 0.5) is 0 Å². The Balaban J connectivity index is 1.93. The van der Waals surface area contributed by atoms with Gasteiger partial charge in [-0.15, -0.1) is 0 Å². The highest BCUT2D eigenvalue weighted by Crippen LogP contribution is 2.13. The molecule has 1 atom stereocenters. The molecule has 1 aromatic rings. The average molecular weight is 243 g/mol. The van der Waals surface area contributed by atoms with Crippen LogP contribution < -0.4 is 5.32 Å². The van der Waals surface area contributed by atoms with Crippen LogP contribution in [0.2, 0.25) is 0 Å². The summed E-state index contributed by atoms with van der Waals surface area (Å²) in [6, 6.07) is 8.08. The highest BCUT2D eigenvalue weighted by atomic mass is 16.1. The molecule has 0 bridgehead atoms. The largest absolute Gasteiger partial charge is 0.349 e. The third kappa shape index (κ3) is 3.73. The topological polar surface area (TPSA) is 29.1 Å². The molecule has 0 aromatic heterocycles. The Bertz CT molecular complexity index is 419. The fourth-order valence-corrected chi connectivity index (χ4v) is 2.28. The van der Waals surface area contributed by atoms with E-state index < -0.39 is 0 Å². The van der Waals surface area contributed by atoms with Crippen molar-refractivity contribution in [1.29, 1.82) is 0 Å². The summed E-state index contributed by atoms with van der Waals surface area (Å²) in [4.78, 5) is 12.1. The normalized spacial score (nSPS) is 21.7. The van der Waals surface area contributed by atoms with Gasteiger partial charge in [-0.25, -0.2) is 0 Å². The Kier molecular flexibility index (Phi) is 4.57. The van der Waals surface area contributed by atoms with Crippen molar-refractivity contribution in [3.63, 3.8) is 0 Å². The van der Waals surface area contributed by atoms with Gasteiger partial charge in [-0.1, -0.05) is 29.8 Å². The van der Waals surface area contributed by atoms with Crippen molar-refractivity contribution < 1.29 is 4.79 Å². The molecule has 1 unspecified atom stereocenters. The molecule has 0 radical (unpaired) electrons. The fourth-order valence-electron chi connectivity index (χ4n) is 2.28. The first kappa shape index (κ1) is 12.9. The average Bonchev–Trinajstić information content (AvgIpc) is 2.33. The van der Waals surface area contributed by atoms with Gasteiger partial charge < -0.3 is 5.32 Å². The lowest BCUT2D eigenvalue weighted by atomic mass is 10.0. The van der Waals surface area contributed by atoms with Crippen LogP contribution in [0.1, 0.15) is 48.0 Å². The minimum absolute atomic E-state index is 0.0598. The Labute approximate surface area is 109 Å². The lowest BCUT2D eigenvalue weighted by Gasteiger charge is -2.19. The van der Waals surface area contributed by atoms with Crippen LogP contribution in [-0.4, -0.2) is 11.9 Å². The van der Waals surface area contributed by atoms with E-state index in [1.807, 2.05) is 31.2 Å². The zero-order valence-electron chi connectivity index (χ0n) is 11.0. The fraction of sp³-hybridized carbons (Fsp3) is 0.438. The van der Waals surface area contributed by atoms with Gasteiger partial charge in [0.15, 0.2) is 0 Å². The molecule has 0 fully saturated rings. The Morgan fingerprint density at radius 2 is 1.83 bits per heavy atom. The van der Waals surface area contributed by atoms with Crippen molar-refractivity contribution in [2.45, 2.75) is 45.1 Å². The molecule has 0 aliphatic heterocycles. The maximum atomic E-state index is 12.1. The van der Waals surface area contributed by atoms with Crippen LogP contribution in [0.25, 0.3) is 0 Å². The van der Waals surface area contributed by atoms with Crippen LogP contribution in [0, 0.1) is 6.92 Å². The summed E-state index contributed by atoms with van der Waals surface area (Å²) in [5.41, 5.74) is 1.95. The number of carbonyl (C=O) groups excluding carboxylic acids is 1. The number of amides is 1. The molecule has 0 heterocycles. The lowest BCUT2D eigenvalue weighted by molar-refractivity contribution is 0.0932. The van der Waals surface area contributed by atoms with Crippen molar-refractivity contribution in [1.82, 2.24) is 5.32 Å². The molecule has 0 saturated heterocycles. The van der Waals surface area contributed by atoms with E-state index >= 15 is 0 Å². The predicted molar refractivity (Wildman–Crippen MR) is 74.7 cm³/mol. The third-order valence-electron chi connectivity index (χ3n) is 3.42. The molecule has 1 N–H and O–H groups in total. The molecule has 2 nitrogen and oxygen atoms in total. The van der Waals surface area contributed by atoms with Gasteiger partial charge in [0, 0.05) is 11.6 Å². The highest BCUT2D eigenvalue weighted by molar-refractivity contribution is 5.94. The molecule has 2 heteroatoms. The predicted octanol–water partition coefficient (Wildman–Crippen LogP) is 3.61. The number of hydrogen-bond acceptors (Lipinski definition) is 1. The number of carbonyl (C=O) groups is 1. The third-order valence-corrected chi connectivity index (χ3v) is 3.42. The van der Waals surface area contributed by atoms with Crippen LogP contribution in [0.5, 0.6) is 0 Å². The zero-order valence-corrected chi connectivity index (χ0v) is 11.0. The molecule has 0 spiro atoms.